The van der Waals surface area contributed by atoms with Crippen LogP contribution < -0.4 is 10.6 Å². The summed E-state index contributed by atoms with van der Waals surface area (Å²) in [4.78, 5) is 26.8. The normalized spacial score (nSPS) is 27.0. The maximum Gasteiger partial charge on any atom is 0.317 e. The van der Waals surface area contributed by atoms with Crippen molar-refractivity contribution in [2.45, 2.75) is 46.1 Å². The predicted molar refractivity (Wildman–Crippen MR) is 88.8 cm³/mol. The van der Waals surface area contributed by atoms with E-state index in [9.17, 15) is 9.59 Å². The first kappa shape index (κ1) is 18.6. The molecule has 0 unspecified atom stereocenters. The molecule has 128 valence electrons. The van der Waals surface area contributed by atoms with E-state index in [-0.39, 0.29) is 28.9 Å². The number of carbonyl (C=O) groups excluding carboxylic acids is 2. The van der Waals surface area contributed by atoms with Crippen LogP contribution in [0, 0.1) is 10.8 Å². The van der Waals surface area contributed by atoms with Gasteiger partial charge < -0.3 is 20.4 Å². The highest BCUT2D eigenvalue weighted by molar-refractivity contribution is 5.74. The number of urea groups is 2. The molecular formula is C16H32N4O2. The SMILES string of the molecule is CN(C)C(=O)NC[C@]1(C)C[C@@H](NC(=O)N(C)C)CC(C)(C)C1. The van der Waals surface area contributed by atoms with E-state index < -0.39 is 0 Å². The Balaban J connectivity index is 2.73. The van der Waals surface area contributed by atoms with Crippen LogP contribution in [0.5, 0.6) is 0 Å². The van der Waals surface area contributed by atoms with Crippen LogP contribution in [-0.2, 0) is 0 Å². The van der Waals surface area contributed by atoms with Gasteiger partial charge in [0.05, 0.1) is 0 Å². The van der Waals surface area contributed by atoms with Crippen molar-refractivity contribution in [3.8, 4) is 0 Å². The van der Waals surface area contributed by atoms with Crippen molar-refractivity contribution in [3.63, 3.8) is 0 Å². The minimum atomic E-state index is -0.0709. The molecule has 1 saturated carbocycles. The van der Waals surface area contributed by atoms with Crippen molar-refractivity contribution < 1.29 is 9.59 Å². The van der Waals surface area contributed by atoms with E-state index in [0.717, 1.165) is 19.3 Å². The summed E-state index contributed by atoms with van der Waals surface area (Å²) >= 11 is 0. The highest BCUT2D eigenvalue weighted by Gasteiger charge is 2.42. The summed E-state index contributed by atoms with van der Waals surface area (Å²) < 4.78 is 0. The molecule has 0 aromatic heterocycles. The van der Waals surface area contributed by atoms with Crippen LogP contribution in [0.4, 0.5) is 9.59 Å². The lowest BCUT2D eigenvalue weighted by atomic mass is 9.62. The first-order valence-electron chi connectivity index (χ1n) is 7.87. The lowest BCUT2D eigenvalue weighted by molar-refractivity contribution is 0.0724. The molecule has 0 bridgehead atoms. The van der Waals surface area contributed by atoms with Crippen LogP contribution in [0.15, 0.2) is 0 Å². The molecule has 22 heavy (non-hydrogen) atoms. The first-order valence-corrected chi connectivity index (χ1v) is 7.87. The highest BCUT2D eigenvalue weighted by Crippen LogP contribution is 2.45. The Labute approximate surface area is 134 Å². The van der Waals surface area contributed by atoms with Gasteiger partial charge in [0.25, 0.3) is 0 Å². The van der Waals surface area contributed by atoms with E-state index in [1.165, 1.54) is 0 Å². The van der Waals surface area contributed by atoms with Gasteiger partial charge in [-0.25, -0.2) is 9.59 Å². The minimum absolute atomic E-state index is 0.0162. The molecule has 0 aliphatic heterocycles. The Bertz CT molecular complexity index is 420. The topological polar surface area (TPSA) is 64.7 Å². The zero-order valence-corrected chi connectivity index (χ0v) is 15.1. The van der Waals surface area contributed by atoms with Gasteiger partial charge in [0.1, 0.15) is 0 Å². The summed E-state index contributed by atoms with van der Waals surface area (Å²) in [5.41, 5.74) is 0.123. The fraction of sp³-hybridized carbons (Fsp3) is 0.875. The zero-order chi connectivity index (χ0) is 17.1. The van der Waals surface area contributed by atoms with Gasteiger partial charge in [-0.15, -0.1) is 0 Å². The maximum absolute atomic E-state index is 11.9. The molecule has 1 rings (SSSR count). The smallest absolute Gasteiger partial charge is 0.317 e. The lowest BCUT2D eigenvalue weighted by Crippen LogP contribution is -2.52. The molecule has 0 aromatic carbocycles. The van der Waals surface area contributed by atoms with Gasteiger partial charge >= 0.3 is 12.1 Å². The van der Waals surface area contributed by atoms with E-state index in [2.05, 4.69) is 31.4 Å². The molecule has 4 amide bonds. The predicted octanol–water partition coefficient (Wildman–Crippen LogP) is 2.11. The summed E-state index contributed by atoms with van der Waals surface area (Å²) in [6.07, 6.45) is 2.87. The second-order valence-corrected chi connectivity index (χ2v) is 8.15. The van der Waals surface area contributed by atoms with Crippen molar-refractivity contribution in [1.82, 2.24) is 20.4 Å². The van der Waals surface area contributed by atoms with Gasteiger partial charge in [0.2, 0.25) is 0 Å². The number of carbonyl (C=O) groups is 2. The van der Waals surface area contributed by atoms with Crippen LogP contribution in [0.2, 0.25) is 0 Å². The number of hydrogen-bond donors (Lipinski definition) is 2. The summed E-state index contributed by atoms with van der Waals surface area (Å²) in [5, 5.41) is 6.09. The van der Waals surface area contributed by atoms with Crippen molar-refractivity contribution in [3.05, 3.63) is 0 Å². The first-order chi connectivity index (χ1) is 9.94. The largest absolute Gasteiger partial charge is 0.337 e. The lowest BCUT2D eigenvalue weighted by Gasteiger charge is -2.47. The van der Waals surface area contributed by atoms with E-state index >= 15 is 0 Å². The summed E-state index contributed by atoms with van der Waals surface area (Å²) in [6.45, 7) is 7.28. The van der Waals surface area contributed by atoms with Crippen LogP contribution in [0.3, 0.4) is 0 Å². The molecule has 6 heteroatoms. The van der Waals surface area contributed by atoms with Crippen molar-refractivity contribution in [1.29, 1.82) is 0 Å². The molecular weight excluding hydrogens is 280 g/mol. The quantitative estimate of drug-likeness (QED) is 0.838. The van der Waals surface area contributed by atoms with Gasteiger partial charge in [0, 0.05) is 40.8 Å². The molecule has 0 spiro atoms. The summed E-state index contributed by atoms with van der Waals surface area (Å²) in [5.74, 6) is 0. The molecule has 0 radical (unpaired) electrons. The third-order valence-electron chi connectivity index (χ3n) is 4.25. The Morgan fingerprint density at radius 3 is 2.05 bits per heavy atom. The number of rotatable bonds is 3. The number of nitrogens with one attached hydrogen (secondary N) is 2. The van der Waals surface area contributed by atoms with Gasteiger partial charge in [-0.05, 0) is 30.1 Å². The Kier molecular flexibility index (Phi) is 5.70. The van der Waals surface area contributed by atoms with Crippen molar-refractivity contribution >= 4 is 12.1 Å². The molecule has 1 aliphatic carbocycles. The van der Waals surface area contributed by atoms with E-state index in [4.69, 9.17) is 0 Å². The Morgan fingerprint density at radius 2 is 1.55 bits per heavy atom. The standard InChI is InChI=1S/C16H32N4O2/c1-15(2)8-12(18-14(22)20(6)7)9-16(3,10-15)11-17-13(21)19(4)5/h12H,8-11H2,1-7H3,(H,17,21)(H,18,22)/t12-,16+/m0/s1. The van der Waals surface area contributed by atoms with Crippen molar-refractivity contribution in [2.24, 2.45) is 10.8 Å². The van der Waals surface area contributed by atoms with Gasteiger partial charge in [0.15, 0.2) is 0 Å². The van der Waals surface area contributed by atoms with E-state index in [1.54, 1.807) is 38.0 Å². The second kappa shape index (κ2) is 6.75. The highest BCUT2D eigenvalue weighted by atomic mass is 16.2. The number of amides is 4. The molecule has 2 N–H and O–H groups in total. The second-order valence-electron chi connectivity index (χ2n) is 8.15. The van der Waals surface area contributed by atoms with Gasteiger partial charge in [-0.3, -0.25) is 0 Å². The molecule has 1 fully saturated rings. The third kappa shape index (κ3) is 5.39. The molecule has 0 heterocycles. The van der Waals surface area contributed by atoms with Crippen LogP contribution in [-0.4, -0.2) is 62.6 Å². The van der Waals surface area contributed by atoms with Crippen LogP contribution >= 0.6 is 0 Å². The van der Waals surface area contributed by atoms with Gasteiger partial charge in [-0.2, -0.15) is 0 Å². The monoisotopic (exact) mass is 312 g/mol. The average molecular weight is 312 g/mol. The Morgan fingerprint density at radius 1 is 1.00 bits per heavy atom. The fourth-order valence-corrected chi connectivity index (χ4v) is 3.62. The minimum Gasteiger partial charge on any atom is -0.337 e. The van der Waals surface area contributed by atoms with Crippen molar-refractivity contribution in [2.75, 3.05) is 34.7 Å². The van der Waals surface area contributed by atoms with E-state index in [0.29, 0.717) is 6.54 Å². The molecule has 2 atom stereocenters. The summed E-state index contributed by atoms with van der Waals surface area (Å²) in [7, 11) is 6.98. The fourth-order valence-electron chi connectivity index (χ4n) is 3.62. The van der Waals surface area contributed by atoms with Crippen LogP contribution in [0.25, 0.3) is 0 Å². The number of hydrogen-bond acceptors (Lipinski definition) is 2. The summed E-state index contributed by atoms with van der Waals surface area (Å²) in [6, 6.07) is 0.0146. The van der Waals surface area contributed by atoms with Gasteiger partial charge in [-0.1, -0.05) is 20.8 Å². The third-order valence-corrected chi connectivity index (χ3v) is 4.25. The Hall–Kier alpha value is -1.46. The molecule has 0 aromatic rings. The molecule has 0 saturated heterocycles. The maximum atomic E-state index is 11.9. The average Bonchev–Trinajstić information content (AvgIpc) is 2.33. The van der Waals surface area contributed by atoms with E-state index in [1.807, 2.05) is 0 Å². The van der Waals surface area contributed by atoms with Crippen LogP contribution in [0.1, 0.15) is 40.0 Å². The molecule has 6 nitrogen and oxygen atoms in total. The number of nitrogens with zero attached hydrogens (tertiary/aromatic N) is 2. The zero-order valence-electron chi connectivity index (χ0n) is 15.1. The molecule has 1 aliphatic rings.